The van der Waals surface area contributed by atoms with Gasteiger partial charge in [0.15, 0.2) is 0 Å². The first-order valence-corrected chi connectivity index (χ1v) is 8.35. The summed E-state index contributed by atoms with van der Waals surface area (Å²) in [5.74, 6) is 1.38. The van der Waals surface area contributed by atoms with Crippen LogP contribution in [-0.2, 0) is 17.6 Å². The van der Waals surface area contributed by atoms with E-state index in [0.717, 1.165) is 38.9 Å². The Bertz CT molecular complexity index is 480. The lowest BCUT2D eigenvalue weighted by molar-refractivity contribution is -0.122. The van der Waals surface area contributed by atoms with E-state index in [-0.39, 0.29) is 5.91 Å². The highest BCUT2D eigenvalue weighted by Crippen LogP contribution is 2.27. The first-order valence-electron chi connectivity index (χ1n) is 8.35. The highest BCUT2D eigenvalue weighted by Gasteiger charge is 2.21. The fourth-order valence-electron chi connectivity index (χ4n) is 3.64. The summed E-state index contributed by atoms with van der Waals surface area (Å²) in [5.41, 5.74) is 2.92. The minimum atomic E-state index is 0.241. The number of piperidine rings is 1. The summed E-state index contributed by atoms with van der Waals surface area (Å²) in [5, 5.41) is 6.54. The van der Waals surface area contributed by atoms with Gasteiger partial charge < -0.3 is 10.6 Å². The zero-order valence-electron chi connectivity index (χ0n) is 12.7. The molecule has 1 aromatic carbocycles. The van der Waals surface area contributed by atoms with E-state index in [2.05, 4.69) is 34.9 Å². The van der Waals surface area contributed by atoms with E-state index < -0.39 is 0 Å². The second-order valence-electron chi connectivity index (χ2n) is 6.60. The molecular weight excluding hydrogens is 260 g/mol. The van der Waals surface area contributed by atoms with Crippen LogP contribution in [0, 0.1) is 11.8 Å². The summed E-state index contributed by atoms with van der Waals surface area (Å²) >= 11 is 0. The summed E-state index contributed by atoms with van der Waals surface area (Å²) < 4.78 is 0. The summed E-state index contributed by atoms with van der Waals surface area (Å²) in [4.78, 5) is 12.1. The summed E-state index contributed by atoms with van der Waals surface area (Å²) in [7, 11) is 0. The molecule has 1 saturated heterocycles. The topological polar surface area (TPSA) is 41.1 Å². The van der Waals surface area contributed by atoms with Crippen molar-refractivity contribution >= 4 is 5.91 Å². The van der Waals surface area contributed by atoms with Crippen LogP contribution in [0.5, 0.6) is 0 Å². The van der Waals surface area contributed by atoms with E-state index in [0.29, 0.717) is 18.3 Å². The molecule has 0 radical (unpaired) electrons. The average Bonchev–Trinajstić information content (AvgIpc) is 2.54. The largest absolute Gasteiger partial charge is 0.356 e. The lowest BCUT2D eigenvalue weighted by atomic mass is 9.82. The van der Waals surface area contributed by atoms with Gasteiger partial charge in [0.25, 0.3) is 0 Å². The first-order chi connectivity index (χ1) is 10.3. The van der Waals surface area contributed by atoms with Gasteiger partial charge in [-0.05, 0) is 68.2 Å². The van der Waals surface area contributed by atoms with E-state index in [1.54, 1.807) is 0 Å². The summed E-state index contributed by atoms with van der Waals surface area (Å²) in [6.45, 7) is 3.03. The van der Waals surface area contributed by atoms with Crippen LogP contribution in [-0.4, -0.2) is 25.5 Å². The van der Waals surface area contributed by atoms with Gasteiger partial charge in [0.05, 0.1) is 0 Å². The van der Waals surface area contributed by atoms with Gasteiger partial charge in [-0.3, -0.25) is 4.79 Å². The number of benzene rings is 1. The molecule has 3 rings (SSSR count). The molecule has 2 N–H and O–H groups in total. The maximum Gasteiger partial charge on any atom is 0.220 e. The Hall–Kier alpha value is -1.35. The van der Waals surface area contributed by atoms with Crippen LogP contribution in [0.25, 0.3) is 0 Å². The maximum absolute atomic E-state index is 12.1. The van der Waals surface area contributed by atoms with Crippen LogP contribution >= 0.6 is 0 Å². The number of hydrogen-bond acceptors (Lipinski definition) is 2. The van der Waals surface area contributed by atoms with Crippen molar-refractivity contribution in [3.8, 4) is 0 Å². The normalized spacial score (nSPS) is 25.1. The molecule has 21 heavy (non-hydrogen) atoms. The predicted molar refractivity (Wildman–Crippen MR) is 85.2 cm³/mol. The van der Waals surface area contributed by atoms with Crippen molar-refractivity contribution in [2.24, 2.45) is 11.8 Å². The third-order valence-electron chi connectivity index (χ3n) is 4.91. The van der Waals surface area contributed by atoms with E-state index >= 15 is 0 Å². The lowest BCUT2D eigenvalue weighted by Crippen LogP contribution is -2.38. The van der Waals surface area contributed by atoms with E-state index in [1.807, 2.05) is 0 Å². The van der Waals surface area contributed by atoms with Crippen LogP contribution < -0.4 is 10.6 Å². The van der Waals surface area contributed by atoms with Crippen molar-refractivity contribution in [1.82, 2.24) is 10.6 Å². The number of rotatable bonds is 4. The molecule has 0 aromatic heterocycles. The minimum absolute atomic E-state index is 0.241. The molecule has 2 unspecified atom stereocenters. The van der Waals surface area contributed by atoms with Crippen molar-refractivity contribution in [2.45, 2.75) is 38.5 Å². The molecule has 2 aliphatic rings. The van der Waals surface area contributed by atoms with Crippen LogP contribution in [0.3, 0.4) is 0 Å². The second kappa shape index (κ2) is 7.08. The number of fused-ring (bicyclic) bond motifs is 1. The molecular formula is C18H26N2O. The van der Waals surface area contributed by atoms with Crippen LogP contribution in [0.4, 0.5) is 0 Å². The molecule has 1 aliphatic carbocycles. The molecule has 3 nitrogen and oxygen atoms in total. The van der Waals surface area contributed by atoms with Gasteiger partial charge in [0, 0.05) is 13.0 Å². The number of aryl methyl sites for hydroxylation is 1. The Morgan fingerprint density at radius 2 is 2.05 bits per heavy atom. The Balaban J connectivity index is 1.43. The second-order valence-corrected chi connectivity index (χ2v) is 6.60. The predicted octanol–water partition coefficient (Wildman–Crippen LogP) is 2.30. The highest BCUT2D eigenvalue weighted by molar-refractivity contribution is 5.76. The molecule has 0 bridgehead atoms. The van der Waals surface area contributed by atoms with Gasteiger partial charge >= 0.3 is 0 Å². The molecule has 2 atom stereocenters. The molecule has 0 spiro atoms. The van der Waals surface area contributed by atoms with Gasteiger partial charge in [-0.2, -0.15) is 0 Å². The molecule has 1 heterocycles. The van der Waals surface area contributed by atoms with Crippen molar-refractivity contribution < 1.29 is 4.79 Å². The van der Waals surface area contributed by atoms with E-state index in [9.17, 15) is 4.79 Å². The quantitative estimate of drug-likeness (QED) is 0.891. The smallest absolute Gasteiger partial charge is 0.220 e. The van der Waals surface area contributed by atoms with Crippen LogP contribution in [0.2, 0.25) is 0 Å². The van der Waals surface area contributed by atoms with Crippen LogP contribution in [0.15, 0.2) is 24.3 Å². The zero-order valence-corrected chi connectivity index (χ0v) is 12.7. The fraction of sp³-hybridized carbons (Fsp3) is 0.611. The van der Waals surface area contributed by atoms with Gasteiger partial charge in [-0.1, -0.05) is 24.3 Å². The third kappa shape index (κ3) is 4.07. The SMILES string of the molecule is O=C(CC1CCc2ccccc2C1)NCC1CCCNC1. The Morgan fingerprint density at radius 1 is 1.19 bits per heavy atom. The fourth-order valence-corrected chi connectivity index (χ4v) is 3.64. The standard InChI is InChI=1S/C18H26N2O/c21-18(20-13-15-4-3-9-19-12-15)11-14-7-8-16-5-1-2-6-17(16)10-14/h1-2,5-6,14-15,19H,3-4,7-13H2,(H,20,21). The van der Waals surface area contributed by atoms with Gasteiger partial charge in [-0.25, -0.2) is 0 Å². The lowest BCUT2D eigenvalue weighted by Gasteiger charge is -2.25. The molecule has 0 saturated carbocycles. The number of carbonyl (C=O) groups is 1. The Labute approximate surface area is 127 Å². The van der Waals surface area contributed by atoms with Crippen LogP contribution in [0.1, 0.15) is 36.8 Å². The molecule has 1 amide bonds. The first kappa shape index (κ1) is 14.6. The summed E-state index contributed by atoms with van der Waals surface area (Å²) in [6, 6.07) is 8.66. The van der Waals surface area contributed by atoms with E-state index in [1.165, 1.54) is 24.0 Å². The molecule has 3 heteroatoms. The number of carbonyl (C=O) groups excluding carboxylic acids is 1. The maximum atomic E-state index is 12.1. The van der Waals surface area contributed by atoms with Crippen molar-refractivity contribution in [1.29, 1.82) is 0 Å². The van der Waals surface area contributed by atoms with Gasteiger partial charge in [0.1, 0.15) is 0 Å². The minimum Gasteiger partial charge on any atom is -0.356 e. The highest BCUT2D eigenvalue weighted by atomic mass is 16.1. The molecule has 114 valence electrons. The number of nitrogens with one attached hydrogen (secondary N) is 2. The Morgan fingerprint density at radius 3 is 2.86 bits per heavy atom. The Kier molecular flexibility index (Phi) is 4.91. The monoisotopic (exact) mass is 286 g/mol. The number of hydrogen-bond donors (Lipinski definition) is 2. The third-order valence-corrected chi connectivity index (χ3v) is 4.91. The molecule has 1 aromatic rings. The van der Waals surface area contributed by atoms with Crippen molar-refractivity contribution in [2.75, 3.05) is 19.6 Å². The van der Waals surface area contributed by atoms with Gasteiger partial charge in [0.2, 0.25) is 5.91 Å². The van der Waals surface area contributed by atoms with Crippen molar-refractivity contribution in [3.63, 3.8) is 0 Å². The number of amides is 1. The molecule has 1 aliphatic heterocycles. The van der Waals surface area contributed by atoms with Gasteiger partial charge in [-0.15, -0.1) is 0 Å². The molecule has 1 fully saturated rings. The van der Waals surface area contributed by atoms with E-state index in [4.69, 9.17) is 0 Å². The van der Waals surface area contributed by atoms with Crippen molar-refractivity contribution in [3.05, 3.63) is 35.4 Å². The summed E-state index contributed by atoms with van der Waals surface area (Å²) in [6.07, 6.45) is 6.50. The average molecular weight is 286 g/mol. The zero-order chi connectivity index (χ0) is 14.5.